The Hall–Kier alpha value is -1.94. The van der Waals surface area contributed by atoms with Gasteiger partial charge in [-0.2, -0.15) is 0 Å². The van der Waals surface area contributed by atoms with E-state index in [1.807, 2.05) is 0 Å². The normalized spacial score (nSPS) is 28.0. The number of rotatable bonds is 0. The second kappa shape index (κ2) is 3.33. The van der Waals surface area contributed by atoms with Crippen molar-refractivity contribution in [2.45, 2.75) is 26.6 Å². The quantitative estimate of drug-likeness (QED) is 0.774. The minimum Gasteiger partial charge on any atom is -0.457 e. The summed E-state index contributed by atoms with van der Waals surface area (Å²) in [6.45, 7) is 4.87. The van der Waals surface area contributed by atoms with E-state index in [1.54, 1.807) is 38.1 Å². The molecule has 19 heavy (non-hydrogen) atoms. The number of ketones is 2. The smallest absolute Gasteiger partial charge is 0.228 e. The van der Waals surface area contributed by atoms with Gasteiger partial charge in [-0.05, 0) is 13.8 Å². The van der Waals surface area contributed by atoms with Crippen molar-refractivity contribution in [3.05, 3.63) is 46.7 Å². The number of ether oxygens (including phenoxy) is 1. The molecule has 4 heteroatoms. The number of aliphatic hydroxyl groups is 1. The summed E-state index contributed by atoms with van der Waals surface area (Å²) in [5.74, 6) is -2.16. The van der Waals surface area contributed by atoms with E-state index in [4.69, 9.17) is 4.74 Å². The Morgan fingerprint density at radius 2 is 1.53 bits per heavy atom. The number of hydrogen-bond donors (Lipinski definition) is 1. The molecule has 0 radical (unpaired) electrons. The lowest BCUT2D eigenvalue weighted by Gasteiger charge is -2.32. The maximum absolute atomic E-state index is 12.5. The van der Waals surface area contributed by atoms with E-state index in [0.717, 1.165) is 0 Å². The SMILES string of the molecule is CC1(O)OC2=C(C(=O)c3ccccc3C2=O)C1(C)C. The molecule has 0 aromatic heterocycles. The maximum Gasteiger partial charge on any atom is 0.228 e. The van der Waals surface area contributed by atoms with Crippen LogP contribution in [0.1, 0.15) is 41.5 Å². The molecule has 0 saturated carbocycles. The molecule has 1 aromatic carbocycles. The molecule has 0 amide bonds. The van der Waals surface area contributed by atoms with Crippen molar-refractivity contribution < 1.29 is 19.4 Å². The number of Topliss-reactive ketones (excluding diaryl/α,β-unsaturated/α-hetero) is 2. The van der Waals surface area contributed by atoms with E-state index in [1.165, 1.54) is 6.92 Å². The molecule has 1 N–H and O–H groups in total. The molecule has 2 aliphatic rings. The molecule has 0 spiro atoms. The van der Waals surface area contributed by atoms with Crippen LogP contribution in [0, 0.1) is 5.41 Å². The molecule has 98 valence electrons. The van der Waals surface area contributed by atoms with Gasteiger partial charge < -0.3 is 9.84 Å². The van der Waals surface area contributed by atoms with Crippen molar-refractivity contribution in [2.24, 2.45) is 5.41 Å². The summed E-state index contributed by atoms with van der Waals surface area (Å²) in [5, 5.41) is 10.3. The van der Waals surface area contributed by atoms with Gasteiger partial charge in [0.25, 0.3) is 0 Å². The molecular formula is C15H14O4. The van der Waals surface area contributed by atoms with Crippen molar-refractivity contribution in [2.75, 3.05) is 0 Å². The van der Waals surface area contributed by atoms with E-state index in [0.29, 0.717) is 11.1 Å². The van der Waals surface area contributed by atoms with Crippen LogP contribution in [0.4, 0.5) is 0 Å². The van der Waals surface area contributed by atoms with Gasteiger partial charge in [-0.3, -0.25) is 9.59 Å². The van der Waals surface area contributed by atoms with E-state index < -0.39 is 11.2 Å². The van der Waals surface area contributed by atoms with Crippen LogP contribution in [0.2, 0.25) is 0 Å². The Kier molecular flexibility index (Phi) is 2.12. The van der Waals surface area contributed by atoms with Gasteiger partial charge in [0.1, 0.15) is 0 Å². The third-order valence-corrected chi connectivity index (χ3v) is 4.16. The standard InChI is InChI=1S/C15H14O4/c1-14(2)10-11(16)8-6-4-5-7-9(8)12(17)13(10)19-15(14,3)18/h4-7,18H,1-3H3. The second-order valence-corrected chi connectivity index (χ2v) is 5.62. The number of carbonyl (C=O) groups is 2. The van der Waals surface area contributed by atoms with Crippen LogP contribution in [-0.4, -0.2) is 22.5 Å². The third kappa shape index (κ3) is 1.32. The van der Waals surface area contributed by atoms with Crippen molar-refractivity contribution in [1.29, 1.82) is 0 Å². The minimum absolute atomic E-state index is 0.0151. The Morgan fingerprint density at radius 3 is 2.11 bits per heavy atom. The zero-order chi connectivity index (χ0) is 14.0. The fourth-order valence-corrected chi connectivity index (χ4v) is 2.58. The Morgan fingerprint density at radius 1 is 1.00 bits per heavy atom. The van der Waals surface area contributed by atoms with Gasteiger partial charge in [0.2, 0.25) is 11.6 Å². The summed E-state index contributed by atoms with van der Waals surface area (Å²) in [4.78, 5) is 24.9. The van der Waals surface area contributed by atoms with E-state index in [2.05, 4.69) is 0 Å². The highest BCUT2D eigenvalue weighted by molar-refractivity contribution is 6.27. The number of hydrogen-bond acceptors (Lipinski definition) is 4. The topological polar surface area (TPSA) is 63.6 Å². The first-order valence-corrected chi connectivity index (χ1v) is 6.12. The average Bonchev–Trinajstić information content (AvgIpc) is 2.53. The molecule has 3 rings (SSSR count). The first kappa shape index (κ1) is 12.1. The van der Waals surface area contributed by atoms with Gasteiger partial charge in [-0.25, -0.2) is 0 Å². The Bertz CT molecular complexity index is 650. The summed E-state index contributed by atoms with van der Waals surface area (Å²) in [6, 6.07) is 6.65. The predicted octanol–water partition coefficient (Wildman–Crippen LogP) is 2.08. The Labute approximate surface area is 110 Å². The van der Waals surface area contributed by atoms with Gasteiger partial charge in [0.15, 0.2) is 11.5 Å². The van der Waals surface area contributed by atoms with Gasteiger partial charge in [-0.1, -0.05) is 24.3 Å². The number of carbonyl (C=O) groups excluding carboxylic acids is 2. The molecule has 1 atom stereocenters. The second-order valence-electron chi connectivity index (χ2n) is 5.62. The first-order chi connectivity index (χ1) is 8.77. The highest BCUT2D eigenvalue weighted by Crippen LogP contribution is 2.51. The summed E-state index contributed by atoms with van der Waals surface area (Å²) in [6.07, 6.45) is 0. The molecule has 0 fully saturated rings. The predicted molar refractivity (Wildman–Crippen MR) is 67.6 cm³/mol. The van der Waals surface area contributed by atoms with Crippen LogP contribution >= 0.6 is 0 Å². The monoisotopic (exact) mass is 258 g/mol. The van der Waals surface area contributed by atoms with Crippen LogP contribution in [-0.2, 0) is 4.74 Å². The third-order valence-electron chi connectivity index (χ3n) is 4.16. The molecule has 1 aliphatic heterocycles. The van der Waals surface area contributed by atoms with Crippen LogP contribution in [0.15, 0.2) is 35.6 Å². The van der Waals surface area contributed by atoms with Crippen molar-refractivity contribution in [1.82, 2.24) is 0 Å². The van der Waals surface area contributed by atoms with Gasteiger partial charge in [0, 0.05) is 18.1 Å². The van der Waals surface area contributed by atoms with E-state index >= 15 is 0 Å². The van der Waals surface area contributed by atoms with E-state index in [-0.39, 0.29) is 22.9 Å². The van der Waals surface area contributed by atoms with Gasteiger partial charge in [0.05, 0.1) is 11.0 Å². The highest BCUT2D eigenvalue weighted by Gasteiger charge is 2.57. The zero-order valence-electron chi connectivity index (χ0n) is 11.0. The van der Waals surface area contributed by atoms with Crippen LogP contribution in [0.25, 0.3) is 0 Å². The fraction of sp³-hybridized carbons (Fsp3) is 0.333. The molecule has 4 nitrogen and oxygen atoms in total. The molecule has 1 heterocycles. The highest BCUT2D eigenvalue weighted by atomic mass is 16.6. The molecular weight excluding hydrogens is 244 g/mol. The number of allylic oxidation sites excluding steroid dienone is 1. The summed E-state index contributed by atoms with van der Waals surface area (Å²) >= 11 is 0. The fourth-order valence-electron chi connectivity index (χ4n) is 2.58. The lowest BCUT2D eigenvalue weighted by molar-refractivity contribution is -0.195. The largest absolute Gasteiger partial charge is 0.457 e. The van der Waals surface area contributed by atoms with E-state index in [9.17, 15) is 14.7 Å². The maximum atomic E-state index is 12.5. The van der Waals surface area contributed by atoms with Crippen LogP contribution in [0.5, 0.6) is 0 Å². The molecule has 1 aromatic rings. The van der Waals surface area contributed by atoms with Gasteiger partial charge in [-0.15, -0.1) is 0 Å². The molecule has 0 bridgehead atoms. The zero-order valence-corrected chi connectivity index (χ0v) is 11.0. The lowest BCUT2D eigenvalue weighted by Crippen LogP contribution is -2.41. The molecule has 1 unspecified atom stereocenters. The number of benzene rings is 1. The summed E-state index contributed by atoms with van der Waals surface area (Å²) in [7, 11) is 0. The van der Waals surface area contributed by atoms with Crippen LogP contribution in [0.3, 0.4) is 0 Å². The average molecular weight is 258 g/mol. The van der Waals surface area contributed by atoms with Crippen LogP contribution < -0.4 is 0 Å². The summed E-state index contributed by atoms with van der Waals surface area (Å²) < 4.78 is 5.37. The first-order valence-electron chi connectivity index (χ1n) is 6.12. The lowest BCUT2D eigenvalue weighted by atomic mass is 9.72. The van der Waals surface area contributed by atoms with Crippen molar-refractivity contribution in [3.8, 4) is 0 Å². The van der Waals surface area contributed by atoms with Crippen molar-refractivity contribution >= 4 is 11.6 Å². The molecule has 1 aliphatic carbocycles. The van der Waals surface area contributed by atoms with Crippen molar-refractivity contribution in [3.63, 3.8) is 0 Å². The summed E-state index contributed by atoms with van der Waals surface area (Å²) in [5.41, 5.74) is 0.0457. The Balaban J connectivity index is 2.27. The number of fused-ring (bicyclic) bond motifs is 1. The van der Waals surface area contributed by atoms with Gasteiger partial charge >= 0.3 is 0 Å². The molecule has 0 saturated heterocycles. The minimum atomic E-state index is -1.56.